The van der Waals surface area contributed by atoms with Gasteiger partial charge in [-0.2, -0.15) is 0 Å². The summed E-state index contributed by atoms with van der Waals surface area (Å²) in [7, 11) is 0. The van der Waals surface area contributed by atoms with Crippen LogP contribution in [0.1, 0.15) is 11.1 Å². The molecular formula is C9H12N2S. The summed E-state index contributed by atoms with van der Waals surface area (Å²) < 4.78 is 2.37. The second kappa shape index (κ2) is 3.46. The summed E-state index contributed by atoms with van der Waals surface area (Å²) in [5.41, 5.74) is 2.86. The smallest absolute Gasteiger partial charge is 0.0358 e. The minimum atomic E-state index is 1.05. The number of nitrogens with zero attached hydrogens (tertiary/aromatic N) is 2. The molecule has 2 rings (SSSR count). The van der Waals surface area contributed by atoms with Gasteiger partial charge in [0.1, 0.15) is 0 Å². The molecule has 3 heteroatoms. The first kappa shape index (κ1) is 8.08. The van der Waals surface area contributed by atoms with Crippen LogP contribution in [0.4, 0.5) is 0 Å². The lowest BCUT2D eigenvalue weighted by molar-refractivity contribution is 0.444. The van der Waals surface area contributed by atoms with Crippen LogP contribution in [-0.4, -0.2) is 22.1 Å². The van der Waals surface area contributed by atoms with Crippen molar-refractivity contribution in [3.05, 3.63) is 29.6 Å². The average molecular weight is 180 g/mol. The minimum Gasteiger partial charge on any atom is -0.264 e. The molecule has 1 aromatic heterocycles. The Kier molecular flexibility index (Phi) is 2.33. The van der Waals surface area contributed by atoms with Gasteiger partial charge >= 0.3 is 0 Å². The largest absolute Gasteiger partial charge is 0.264 e. The van der Waals surface area contributed by atoms with Gasteiger partial charge in [-0.25, -0.2) is 4.31 Å². The molecule has 0 saturated carbocycles. The zero-order chi connectivity index (χ0) is 8.39. The van der Waals surface area contributed by atoms with Crippen molar-refractivity contribution in [2.24, 2.45) is 0 Å². The van der Waals surface area contributed by atoms with Gasteiger partial charge in [0.15, 0.2) is 0 Å². The third-order valence-electron chi connectivity index (χ3n) is 2.24. The average Bonchev–Trinajstić information content (AvgIpc) is 2.17. The van der Waals surface area contributed by atoms with E-state index in [1.165, 1.54) is 17.5 Å². The molecule has 64 valence electrons. The highest BCUT2D eigenvalue weighted by atomic mass is 32.2. The van der Waals surface area contributed by atoms with Crippen LogP contribution in [0.3, 0.4) is 0 Å². The number of fused-ring (bicyclic) bond motifs is 1. The van der Waals surface area contributed by atoms with Crippen molar-refractivity contribution in [2.45, 2.75) is 13.0 Å². The second-order valence-electron chi connectivity index (χ2n) is 2.94. The van der Waals surface area contributed by atoms with E-state index >= 15 is 0 Å². The molecule has 1 aliphatic heterocycles. The molecule has 0 fully saturated rings. The first-order chi connectivity index (χ1) is 5.90. The van der Waals surface area contributed by atoms with Crippen LogP contribution in [0, 0.1) is 0 Å². The first-order valence-electron chi connectivity index (χ1n) is 4.11. The monoisotopic (exact) mass is 180 g/mol. The van der Waals surface area contributed by atoms with Crippen LogP contribution in [0.5, 0.6) is 0 Å². The molecule has 0 amide bonds. The molecule has 0 aliphatic carbocycles. The third-order valence-corrected chi connectivity index (χ3v) is 3.07. The molecule has 1 aromatic rings. The molecule has 0 bridgehead atoms. The summed E-state index contributed by atoms with van der Waals surface area (Å²) in [6.07, 6.45) is 7.16. The summed E-state index contributed by atoms with van der Waals surface area (Å²) >= 11 is 1.81. The van der Waals surface area contributed by atoms with Gasteiger partial charge in [-0.15, -0.1) is 0 Å². The van der Waals surface area contributed by atoms with Crippen molar-refractivity contribution in [3.8, 4) is 0 Å². The Hall–Kier alpha value is -0.540. The summed E-state index contributed by atoms with van der Waals surface area (Å²) in [6.45, 7) is 2.21. The second-order valence-corrected chi connectivity index (χ2v) is 3.82. The topological polar surface area (TPSA) is 16.1 Å². The van der Waals surface area contributed by atoms with Crippen LogP contribution in [-0.2, 0) is 13.0 Å². The minimum absolute atomic E-state index is 1.05. The van der Waals surface area contributed by atoms with E-state index in [0.29, 0.717) is 0 Å². The molecule has 0 N–H and O–H groups in total. The standard InChI is InChI=1S/C9H12N2S/c1-12-11-5-3-8-2-4-10-6-9(8)7-11/h2,4,6H,3,5,7H2,1H3. The van der Waals surface area contributed by atoms with Crippen LogP contribution < -0.4 is 0 Å². The van der Waals surface area contributed by atoms with Crippen molar-refractivity contribution in [3.63, 3.8) is 0 Å². The van der Waals surface area contributed by atoms with E-state index in [9.17, 15) is 0 Å². The lowest BCUT2D eigenvalue weighted by Crippen LogP contribution is -2.24. The maximum atomic E-state index is 4.13. The van der Waals surface area contributed by atoms with Gasteiger partial charge in [0, 0.05) is 25.5 Å². The predicted octanol–water partition coefficient (Wildman–Crippen LogP) is 1.72. The summed E-state index contributed by atoms with van der Waals surface area (Å²) in [6, 6.07) is 2.13. The van der Waals surface area contributed by atoms with Gasteiger partial charge in [-0.3, -0.25) is 4.98 Å². The Morgan fingerprint density at radius 3 is 3.25 bits per heavy atom. The van der Waals surface area contributed by atoms with Crippen LogP contribution in [0.25, 0.3) is 0 Å². The molecule has 12 heavy (non-hydrogen) atoms. The number of pyridine rings is 1. The molecule has 2 heterocycles. The van der Waals surface area contributed by atoms with Crippen molar-refractivity contribution in [2.75, 3.05) is 12.8 Å². The van der Waals surface area contributed by atoms with Crippen LogP contribution in [0.15, 0.2) is 18.5 Å². The maximum Gasteiger partial charge on any atom is 0.0358 e. The van der Waals surface area contributed by atoms with Crippen LogP contribution >= 0.6 is 11.9 Å². The van der Waals surface area contributed by atoms with Gasteiger partial charge in [0.2, 0.25) is 0 Å². The molecule has 1 aliphatic rings. The highest BCUT2D eigenvalue weighted by molar-refractivity contribution is 7.96. The van der Waals surface area contributed by atoms with E-state index in [0.717, 1.165) is 13.1 Å². The summed E-state index contributed by atoms with van der Waals surface area (Å²) in [5, 5.41) is 0. The molecule has 0 saturated heterocycles. The van der Waals surface area contributed by atoms with Crippen molar-refractivity contribution >= 4 is 11.9 Å². The van der Waals surface area contributed by atoms with E-state index in [1.807, 2.05) is 24.3 Å². The quantitative estimate of drug-likeness (QED) is 0.612. The van der Waals surface area contributed by atoms with Gasteiger partial charge in [-0.05, 0) is 29.9 Å². The number of rotatable bonds is 1. The van der Waals surface area contributed by atoms with Crippen LogP contribution in [0.2, 0.25) is 0 Å². The fourth-order valence-electron chi connectivity index (χ4n) is 1.51. The number of aromatic nitrogens is 1. The van der Waals surface area contributed by atoms with E-state index in [2.05, 4.69) is 21.6 Å². The van der Waals surface area contributed by atoms with Crippen molar-refractivity contribution in [1.82, 2.24) is 9.29 Å². The third kappa shape index (κ3) is 1.47. The highest BCUT2D eigenvalue weighted by Crippen LogP contribution is 2.21. The lowest BCUT2D eigenvalue weighted by Gasteiger charge is -2.25. The molecule has 0 spiro atoms. The van der Waals surface area contributed by atoms with Gasteiger partial charge < -0.3 is 0 Å². The normalized spacial score (nSPS) is 17.4. The number of hydrogen-bond acceptors (Lipinski definition) is 3. The Bertz CT molecular complexity index is 275. The van der Waals surface area contributed by atoms with E-state index in [4.69, 9.17) is 0 Å². The van der Waals surface area contributed by atoms with Gasteiger partial charge in [0.25, 0.3) is 0 Å². The SMILES string of the molecule is CSN1CCc2ccncc2C1. The zero-order valence-corrected chi connectivity index (χ0v) is 7.97. The van der Waals surface area contributed by atoms with Gasteiger partial charge in [0.05, 0.1) is 0 Å². The molecule has 0 atom stereocenters. The fourth-order valence-corrected chi connectivity index (χ4v) is 2.05. The molecule has 0 radical (unpaired) electrons. The zero-order valence-electron chi connectivity index (χ0n) is 7.16. The molecular weight excluding hydrogens is 168 g/mol. The Balaban J connectivity index is 2.23. The summed E-state index contributed by atoms with van der Waals surface area (Å²) in [4.78, 5) is 4.13. The fraction of sp³-hybridized carbons (Fsp3) is 0.444. The summed E-state index contributed by atoms with van der Waals surface area (Å²) in [5.74, 6) is 0. The van der Waals surface area contributed by atoms with Crippen molar-refractivity contribution in [1.29, 1.82) is 0 Å². The lowest BCUT2D eigenvalue weighted by atomic mass is 10.0. The Morgan fingerprint density at radius 1 is 1.50 bits per heavy atom. The predicted molar refractivity (Wildman–Crippen MR) is 51.9 cm³/mol. The Labute approximate surface area is 77.1 Å². The van der Waals surface area contributed by atoms with Crippen molar-refractivity contribution < 1.29 is 0 Å². The van der Waals surface area contributed by atoms with Gasteiger partial charge in [-0.1, -0.05) is 11.9 Å². The van der Waals surface area contributed by atoms with E-state index in [1.54, 1.807) is 0 Å². The first-order valence-corrected chi connectivity index (χ1v) is 5.29. The molecule has 0 aromatic carbocycles. The molecule has 0 unspecified atom stereocenters. The maximum absolute atomic E-state index is 4.13. The molecule has 2 nitrogen and oxygen atoms in total. The Morgan fingerprint density at radius 2 is 2.42 bits per heavy atom. The van der Waals surface area contributed by atoms with E-state index in [-0.39, 0.29) is 0 Å². The highest BCUT2D eigenvalue weighted by Gasteiger charge is 2.14. The number of hydrogen-bond donors (Lipinski definition) is 0. The van der Waals surface area contributed by atoms with E-state index < -0.39 is 0 Å².